The van der Waals surface area contributed by atoms with E-state index in [-0.39, 0.29) is 17.6 Å². The number of nitrogens with zero attached hydrogens (tertiary/aromatic N) is 2. The Morgan fingerprint density at radius 1 is 1.19 bits per heavy atom. The van der Waals surface area contributed by atoms with E-state index >= 15 is 0 Å². The molecule has 7 heteroatoms. The number of hydrogen-bond acceptors (Lipinski definition) is 3. The van der Waals surface area contributed by atoms with Gasteiger partial charge >= 0.3 is 0 Å². The first-order valence-electron chi connectivity index (χ1n) is 8.13. The molecule has 0 radical (unpaired) electrons. The summed E-state index contributed by atoms with van der Waals surface area (Å²) < 4.78 is 27.3. The van der Waals surface area contributed by atoms with E-state index in [1.165, 1.54) is 4.57 Å². The number of hydrogen-bond donors (Lipinski definition) is 1. The second-order valence-electron chi connectivity index (χ2n) is 6.17. The molecule has 0 unspecified atom stereocenters. The normalized spacial score (nSPS) is 11.3. The van der Waals surface area contributed by atoms with E-state index in [4.69, 9.17) is 0 Å². The number of benzene rings is 2. The van der Waals surface area contributed by atoms with Crippen molar-refractivity contribution in [2.45, 2.75) is 38.2 Å². The molecule has 1 heterocycles. The smallest absolute Gasteiger partial charge is 0.291 e. The van der Waals surface area contributed by atoms with Gasteiger partial charge in [-0.05, 0) is 55.8 Å². The highest BCUT2D eigenvalue weighted by Gasteiger charge is 2.18. The predicted molar refractivity (Wildman–Crippen MR) is 101 cm³/mol. The van der Waals surface area contributed by atoms with Gasteiger partial charge in [0.15, 0.2) is 5.16 Å². The Hall–Kier alpha value is -2.41. The molecule has 0 spiro atoms. The van der Waals surface area contributed by atoms with Crippen molar-refractivity contribution in [1.29, 1.82) is 0 Å². The van der Waals surface area contributed by atoms with Crippen LogP contribution in [0.1, 0.15) is 16.7 Å². The summed E-state index contributed by atoms with van der Waals surface area (Å²) in [5, 5.41) is 3.04. The van der Waals surface area contributed by atoms with Gasteiger partial charge in [-0.1, -0.05) is 29.8 Å². The molecule has 0 aliphatic rings. The van der Waals surface area contributed by atoms with E-state index in [9.17, 15) is 13.6 Å². The molecule has 0 aliphatic heterocycles. The summed E-state index contributed by atoms with van der Waals surface area (Å²) in [5.41, 5.74) is 5.05. The van der Waals surface area contributed by atoms with Crippen LogP contribution in [-0.2, 0) is 11.3 Å². The number of aryl methyl sites for hydroxylation is 3. The molecule has 4 nitrogen and oxygen atoms in total. The molecule has 2 aromatic carbocycles. The lowest BCUT2D eigenvalue weighted by Crippen LogP contribution is -2.20. The molecular weight excluding hydrogens is 356 g/mol. The summed E-state index contributed by atoms with van der Waals surface area (Å²) in [4.78, 5) is 16.8. The Morgan fingerprint density at radius 2 is 1.85 bits per heavy atom. The standard InChI is InChI=1S/C19H19F2N3OS/c1-11-8-12(2)17(13(3)9-11)23-16(25)10-24-15-7-5-4-6-14(15)22-19(24)26-18(20)21/h4-9,18H,10H2,1-3H3,(H,23,25). The quantitative estimate of drug-likeness (QED) is 0.644. The zero-order chi connectivity index (χ0) is 18.8. The van der Waals surface area contributed by atoms with Gasteiger partial charge in [-0.15, -0.1) is 0 Å². The number of nitrogens with one attached hydrogen (secondary N) is 1. The van der Waals surface area contributed by atoms with Gasteiger partial charge < -0.3 is 9.88 Å². The first-order valence-corrected chi connectivity index (χ1v) is 9.01. The van der Waals surface area contributed by atoms with Crippen LogP contribution in [0, 0.1) is 20.8 Å². The third kappa shape index (κ3) is 3.88. The summed E-state index contributed by atoms with van der Waals surface area (Å²) in [5.74, 6) is -2.88. The highest BCUT2D eigenvalue weighted by atomic mass is 32.2. The highest BCUT2D eigenvalue weighted by Crippen LogP contribution is 2.29. The summed E-state index contributed by atoms with van der Waals surface area (Å²) in [6.45, 7) is 5.78. The van der Waals surface area contributed by atoms with Crippen LogP contribution >= 0.6 is 11.8 Å². The molecule has 0 atom stereocenters. The summed E-state index contributed by atoms with van der Waals surface area (Å²) in [6, 6.07) is 11.1. The molecule has 26 heavy (non-hydrogen) atoms. The summed E-state index contributed by atoms with van der Waals surface area (Å²) >= 11 is 0.346. The zero-order valence-electron chi connectivity index (χ0n) is 14.7. The second-order valence-corrected chi connectivity index (χ2v) is 7.13. The van der Waals surface area contributed by atoms with Gasteiger partial charge in [0, 0.05) is 5.69 Å². The Morgan fingerprint density at radius 3 is 2.50 bits per heavy atom. The van der Waals surface area contributed by atoms with E-state index < -0.39 is 5.76 Å². The van der Waals surface area contributed by atoms with Crippen molar-refractivity contribution in [2.24, 2.45) is 0 Å². The number of carbonyl (C=O) groups excluding carboxylic acids is 1. The molecule has 3 aromatic rings. The zero-order valence-corrected chi connectivity index (χ0v) is 15.5. The van der Waals surface area contributed by atoms with E-state index in [1.807, 2.05) is 32.9 Å². The van der Waals surface area contributed by atoms with Gasteiger partial charge in [0.05, 0.1) is 11.0 Å². The van der Waals surface area contributed by atoms with Crippen LogP contribution in [0.15, 0.2) is 41.6 Å². The number of amides is 1. The van der Waals surface area contributed by atoms with Crippen LogP contribution < -0.4 is 5.32 Å². The molecule has 136 valence electrons. The molecule has 0 aliphatic carbocycles. The largest absolute Gasteiger partial charge is 0.324 e. The molecule has 1 N–H and O–H groups in total. The van der Waals surface area contributed by atoms with E-state index in [0.717, 1.165) is 22.4 Å². The molecule has 0 saturated heterocycles. The number of anilines is 1. The van der Waals surface area contributed by atoms with Gasteiger partial charge in [0.1, 0.15) is 6.54 Å². The average Bonchev–Trinajstić information content (AvgIpc) is 2.88. The fourth-order valence-electron chi connectivity index (χ4n) is 3.08. The maximum atomic E-state index is 12.9. The third-order valence-corrected chi connectivity index (χ3v) is 4.76. The number of para-hydroxylation sites is 2. The molecule has 1 amide bonds. The minimum Gasteiger partial charge on any atom is -0.324 e. The number of rotatable bonds is 5. The number of carbonyl (C=O) groups is 1. The van der Waals surface area contributed by atoms with Gasteiger partial charge in [-0.25, -0.2) is 4.98 Å². The number of thioether (sulfide) groups is 1. The highest BCUT2D eigenvalue weighted by molar-refractivity contribution is 7.99. The first-order chi connectivity index (χ1) is 12.3. The molecule has 0 saturated carbocycles. The van der Waals surface area contributed by atoms with Crippen LogP contribution in [-0.4, -0.2) is 21.2 Å². The maximum Gasteiger partial charge on any atom is 0.291 e. The molecule has 3 rings (SSSR count). The Balaban J connectivity index is 1.90. The lowest BCUT2D eigenvalue weighted by Gasteiger charge is -2.14. The number of aromatic nitrogens is 2. The van der Waals surface area contributed by atoms with Crippen molar-refractivity contribution in [3.05, 3.63) is 53.1 Å². The Kier molecular flexibility index (Phi) is 5.27. The van der Waals surface area contributed by atoms with Crippen molar-refractivity contribution >= 4 is 34.4 Å². The monoisotopic (exact) mass is 375 g/mol. The lowest BCUT2D eigenvalue weighted by atomic mass is 10.1. The molecule has 1 aromatic heterocycles. The van der Waals surface area contributed by atoms with Crippen LogP contribution in [0.5, 0.6) is 0 Å². The Labute approximate surface area is 154 Å². The second kappa shape index (κ2) is 7.45. The van der Waals surface area contributed by atoms with Crippen molar-refractivity contribution in [1.82, 2.24) is 9.55 Å². The Bertz CT molecular complexity index is 946. The van der Waals surface area contributed by atoms with Gasteiger partial charge in [-0.3, -0.25) is 4.79 Å². The first kappa shape index (κ1) is 18.4. The predicted octanol–water partition coefficient (Wildman–Crippen LogP) is 4.91. The van der Waals surface area contributed by atoms with Crippen LogP contribution in [0.4, 0.5) is 14.5 Å². The summed E-state index contributed by atoms with van der Waals surface area (Å²) in [6.07, 6.45) is 0. The number of alkyl halides is 2. The number of fused-ring (bicyclic) bond motifs is 1. The van der Waals surface area contributed by atoms with Gasteiger partial charge in [-0.2, -0.15) is 8.78 Å². The summed E-state index contributed by atoms with van der Waals surface area (Å²) in [7, 11) is 0. The van der Waals surface area contributed by atoms with Crippen LogP contribution in [0.3, 0.4) is 0 Å². The minimum atomic E-state index is -2.60. The third-order valence-electron chi connectivity index (χ3n) is 4.06. The van der Waals surface area contributed by atoms with Crippen molar-refractivity contribution in [3.63, 3.8) is 0 Å². The van der Waals surface area contributed by atoms with E-state index in [0.29, 0.717) is 22.8 Å². The van der Waals surface area contributed by atoms with Gasteiger partial charge in [0.25, 0.3) is 5.76 Å². The SMILES string of the molecule is Cc1cc(C)c(NC(=O)Cn2c(SC(F)F)nc3ccccc32)c(C)c1. The van der Waals surface area contributed by atoms with Crippen molar-refractivity contribution in [2.75, 3.05) is 5.32 Å². The molecule has 0 bridgehead atoms. The van der Waals surface area contributed by atoms with Crippen LogP contribution in [0.2, 0.25) is 0 Å². The van der Waals surface area contributed by atoms with E-state index in [1.54, 1.807) is 24.3 Å². The van der Waals surface area contributed by atoms with Crippen molar-refractivity contribution < 1.29 is 13.6 Å². The fraction of sp³-hybridized carbons (Fsp3) is 0.263. The average molecular weight is 375 g/mol. The minimum absolute atomic E-state index is 0.0810. The lowest BCUT2D eigenvalue weighted by molar-refractivity contribution is -0.116. The maximum absolute atomic E-state index is 12.9. The molecular formula is C19H19F2N3OS. The fourth-order valence-corrected chi connectivity index (χ4v) is 3.68. The molecule has 0 fully saturated rings. The number of imidazole rings is 1. The van der Waals surface area contributed by atoms with E-state index in [2.05, 4.69) is 10.3 Å². The van der Waals surface area contributed by atoms with Crippen LogP contribution in [0.25, 0.3) is 11.0 Å². The van der Waals surface area contributed by atoms with Crippen molar-refractivity contribution in [3.8, 4) is 0 Å². The van der Waals surface area contributed by atoms with Gasteiger partial charge in [0.2, 0.25) is 5.91 Å². The number of halogens is 2. The topological polar surface area (TPSA) is 46.9 Å².